The van der Waals surface area contributed by atoms with E-state index in [1.807, 2.05) is 0 Å². The summed E-state index contributed by atoms with van der Waals surface area (Å²) in [5.41, 5.74) is 0. The van der Waals surface area contributed by atoms with Gasteiger partial charge in [-0.05, 0) is 19.3 Å². The molecule has 0 spiro atoms. The molecule has 2 amide bonds. The lowest BCUT2D eigenvalue weighted by Crippen LogP contribution is -2.57. The maximum Gasteiger partial charge on any atom is 0.327 e. The van der Waals surface area contributed by atoms with Gasteiger partial charge in [-0.1, -0.05) is 6.08 Å². The van der Waals surface area contributed by atoms with Crippen molar-refractivity contribution in [1.29, 1.82) is 0 Å². The van der Waals surface area contributed by atoms with Crippen LogP contribution in [0.5, 0.6) is 0 Å². The first-order valence-corrected chi connectivity index (χ1v) is 7.66. The number of rotatable bonds is 5. The molecule has 2 N–H and O–H groups in total. The van der Waals surface area contributed by atoms with E-state index in [-0.39, 0.29) is 17.2 Å². The van der Waals surface area contributed by atoms with E-state index in [4.69, 9.17) is 5.11 Å². The number of nitrogens with zero attached hydrogens (tertiary/aromatic N) is 1. The first-order valence-electron chi connectivity index (χ1n) is 6.61. The summed E-state index contributed by atoms with van der Waals surface area (Å²) < 4.78 is 0. The molecule has 2 saturated heterocycles. The Bertz CT molecular complexity index is 440. The van der Waals surface area contributed by atoms with Gasteiger partial charge in [-0.15, -0.1) is 18.3 Å². The van der Waals surface area contributed by atoms with Crippen LogP contribution in [0.15, 0.2) is 12.7 Å². The number of nitrogens with one attached hydrogen (secondary N) is 1. The second-order valence-corrected chi connectivity index (χ2v) is 6.12. The van der Waals surface area contributed by atoms with Crippen molar-refractivity contribution >= 4 is 29.5 Å². The van der Waals surface area contributed by atoms with Crippen LogP contribution in [-0.2, 0) is 14.4 Å². The Balaban J connectivity index is 2.00. The summed E-state index contributed by atoms with van der Waals surface area (Å²) in [5.74, 6) is -1.03. The van der Waals surface area contributed by atoms with Crippen molar-refractivity contribution in [2.24, 2.45) is 0 Å². The number of hydrogen-bond acceptors (Lipinski definition) is 4. The fourth-order valence-corrected chi connectivity index (χ4v) is 3.94. The Labute approximate surface area is 121 Å². The first-order chi connectivity index (χ1) is 9.54. The van der Waals surface area contributed by atoms with Crippen molar-refractivity contribution < 1.29 is 19.5 Å². The van der Waals surface area contributed by atoms with Crippen molar-refractivity contribution in [3.63, 3.8) is 0 Å². The lowest BCUT2D eigenvalue weighted by molar-refractivity contribution is -0.152. The lowest BCUT2D eigenvalue weighted by atomic mass is 10.0. The van der Waals surface area contributed by atoms with Gasteiger partial charge in [-0.2, -0.15) is 0 Å². The van der Waals surface area contributed by atoms with Crippen LogP contribution in [0.2, 0.25) is 0 Å². The minimum atomic E-state index is -0.980. The van der Waals surface area contributed by atoms with Gasteiger partial charge in [0.25, 0.3) is 0 Å². The molecular formula is C13H18N2O4S. The number of carboxylic acids is 1. The maximum absolute atomic E-state index is 12.3. The van der Waals surface area contributed by atoms with Gasteiger partial charge in [0.05, 0.1) is 5.37 Å². The maximum atomic E-state index is 12.3. The van der Waals surface area contributed by atoms with Crippen LogP contribution in [0.3, 0.4) is 0 Å². The average molecular weight is 298 g/mol. The molecule has 2 aliphatic heterocycles. The van der Waals surface area contributed by atoms with Crippen LogP contribution in [0, 0.1) is 0 Å². The highest BCUT2D eigenvalue weighted by molar-refractivity contribution is 8.00. The predicted molar refractivity (Wildman–Crippen MR) is 75.1 cm³/mol. The first kappa shape index (κ1) is 14.9. The highest BCUT2D eigenvalue weighted by Gasteiger charge is 2.46. The van der Waals surface area contributed by atoms with Gasteiger partial charge in [-0.3, -0.25) is 9.59 Å². The molecule has 2 aliphatic rings. The predicted octanol–water partition coefficient (Wildman–Crippen LogP) is 0.586. The number of carboxylic acid groups (broad SMARTS) is 1. The van der Waals surface area contributed by atoms with Crippen molar-refractivity contribution in [2.75, 3.05) is 5.75 Å². The normalized spacial score (nSPS) is 28.9. The van der Waals surface area contributed by atoms with Crippen molar-refractivity contribution in [3.8, 4) is 0 Å². The molecule has 0 aliphatic carbocycles. The Kier molecular flexibility index (Phi) is 4.69. The molecule has 0 aromatic heterocycles. The number of piperidine rings is 1. The minimum absolute atomic E-state index is 0.0649. The third-order valence-corrected chi connectivity index (χ3v) is 4.90. The van der Waals surface area contributed by atoms with E-state index in [1.165, 1.54) is 16.7 Å². The summed E-state index contributed by atoms with van der Waals surface area (Å²) in [5, 5.41) is 11.8. The van der Waals surface area contributed by atoms with Crippen molar-refractivity contribution in [2.45, 2.75) is 43.1 Å². The second-order valence-electron chi connectivity index (χ2n) is 4.91. The fourth-order valence-electron chi connectivity index (χ4n) is 2.52. The smallest absolute Gasteiger partial charge is 0.327 e. The number of allylic oxidation sites excluding steroid dienone is 1. The number of fused-ring (bicyclic) bond motifs is 1. The molecule has 7 heteroatoms. The molecule has 2 heterocycles. The molecular weight excluding hydrogens is 280 g/mol. The van der Waals surface area contributed by atoms with E-state index in [2.05, 4.69) is 11.9 Å². The summed E-state index contributed by atoms with van der Waals surface area (Å²) in [4.78, 5) is 36.6. The highest BCUT2D eigenvalue weighted by atomic mass is 32.2. The molecule has 20 heavy (non-hydrogen) atoms. The second kappa shape index (κ2) is 6.30. The quantitative estimate of drug-likeness (QED) is 0.725. The molecule has 110 valence electrons. The van der Waals surface area contributed by atoms with Crippen LogP contribution in [0.4, 0.5) is 0 Å². The summed E-state index contributed by atoms with van der Waals surface area (Å²) in [6.07, 6.45) is 3.79. The average Bonchev–Trinajstić information content (AvgIpc) is 2.84. The largest absolute Gasteiger partial charge is 0.480 e. The standard InChI is InChI=1S/C13H18N2O4S/c1-2-3-4-10(16)14-8-5-6-11-15(12(8)17)9(7-20-11)13(18)19/h2,8-9,11H,1,3-7H2,(H,14,16)(H,18,19)/t8-,9-,11-/m0/s1. The van der Waals surface area contributed by atoms with Crippen LogP contribution in [-0.4, -0.2) is 51.0 Å². The highest BCUT2D eigenvalue weighted by Crippen LogP contribution is 2.36. The molecule has 0 saturated carbocycles. The number of aliphatic carboxylic acids is 1. The third kappa shape index (κ3) is 2.98. The number of thioether (sulfide) groups is 1. The Hall–Kier alpha value is -1.50. The fraction of sp³-hybridized carbons (Fsp3) is 0.615. The van der Waals surface area contributed by atoms with E-state index in [1.54, 1.807) is 6.08 Å². The van der Waals surface area contributed by atoms with Crippen LogP contribution in [0.1, 0.15) is 25.7 Å². The lowest BCUT2D eigenvalue weighted by Gasteiger charge is -2.36. The SMILES string of the molecule is C=CCCC(=O)N[C@H]1CC[C@@H]2SC[C@@H](C(=O)O)N2C1=O. The Morgan fingerprint density at radius 1 is 1.50 bits per heavy atom. The zero-order valence-corrected chi connectivity index (χ0v) is 11.9. The van der Waals surface area contributed by atoms with Gasteiger partial charge < -0.3 is 15.3 Å². The number of amides is 2. The van der Waals surface area contributed by atoms with Gasteiger partial charge in [0.1, 0.15) is 12.1 Å². The van der Waals surface area contributed by atoms with E-state index in [0.717, 1.165) is 0 Å². The summed E-state index contributed by atoms with van der Waals surface area (Å²) in [7, 11) is 0. The number of carbonyl (C=O) groups is 3. The molecule has 0 aromatic rings. The minimum Gasteiger partial charge on any atom is -0.480 e. The van der Waals surface area contributed by atoms with Crippen LogP contribution in [0.25, 0.3) is 0 Å². The van der Waals surface area contributed by atoms with E-state index < -0.39 is 18.1 Å². The van der Waals surface area contributed by atoms with E-state index >= 15 is 0 Å². The van der Waals surface area contributed by atoms with Gasteiger partial charge in [-0.25, -0.2) is 4.79 Å². The molecule has 0 radical (unpaired) electrons. The van der Waals surface area contributed by atoms with E-state index in [0.29, 0.717) is 31.4 Å². The molecule has 2 rings (SSSR count). The van der Waals surface area contributed by atoms with Gasteiger partial charge >= 0.3 is 5.97 Å². The molecule has 0 aromatic carbocycles. The van der Waals surface area contributed by atoms with Gasteiger partial charge in [0.15, 0.2) is 0 Å². The topological polar surface area (TPSA) is 86.7 Å². The van der Waals surface area contributed by atoms with E-state index in [9.17, 15) is 14.4 Å². The zero-order chi connectivity index (χ0) is 14.7. The van der Waals surface area contributed by atoms with Crippen molar-refractivity contribution in [1.82, 2.24) is 10.2 Å². The summed E-state index contributed by atoms with van der Waals surface area (Å²) >= 11 is 1.50. The van der Waals surface area contributed by atoms with Crippen LogP contribution < -0.4 is 5.32 Å². The molecule has 0 bridgehead atoms. The van der Waals surface area contributed by atoms with Crippen LogP contribution >= 0.6 is 11.8 Å². The third-order valence-electron chi connectivity index (χ3n) is 3.54. The zero-order valence-electron chi connectivity index (χ0n) is 11.1. The summed E-state index contributed by atoms with van der Waals surface area (Å²) in [6, 6.07) is -1.37. The molecule has 0 unspecified atom stereocenters. The molecule has 3 atom stereocenters. The number of hydrogen-bond donors (Lipinski definition) is 2. The number of carbonyl (C=O) groups excluding carboxylic acids is 2. The molecule has 6 nitrogen and oxygen atoms in total. The Morgan fingerprint density at radius 3 is 2.90 bits per heavy atom. The molecule has 2 fully saturated rings. The monoisotopic (exact) mass is 298 g/mol. The Morgan fingerprint density at radius 2 is 2.25 bits per heavy atom. The van der Waals surface area contributed by atoms with Gasteiger partial charge in [0, 0.05) is 12.2 Å². The summed E-state index contributed by atoms with van der Waals surface area (Å²) in [6.45, 7) is 3.54. The van der Waals surface area contributed by atoms with Crippen molar-refractivity contribution in [3.05, 3.63) is 12.7 Å². The van der Waals surface area contributed by atoms with Gasteiger partial charge in [0.2, 0.25) is 11.8 Å².